The second kappa shape index (κ2) is 6.53. The zero-order valence-electron chi connectivity index (χ0n) is 13.3. The molecule has 1 N–H and O–H groups in total. The number of imidazole rings is 1. The minimum atomic E-state index is 0.216. The van der Waals surface area contributed by atoms with E-state index >= 15 is 0 Å². The Morgan fingerprint density at radius 1 is 0.960 bits per heavy atom. The average Bonchev–Trinajstić information content (AvgIpc) is 3.01. The number of nitrogens with zero attached hydrogens (tertiary/aromatic N) is 4. The summed E-state index contributed by atoms with van der Waals surface area (Å²) in [6.07, 6.45) is 2.30. The Morgan fingerprint density at radius 3 is 2.48 bits per heavy atom. The molecule has 0 aliphatic heterocycles. The topological polar surface area (TPSA) is 63.8 Å². The summed E-state index contributed by atoms with van der Waals surface area (Å²) in [4.78, 5) is 13.0. The van der Waals surface area contributed by atoms with Crippen molar-refractivity contribution in [1.82, 2.24) is 19.5 Å². The van der Waals surface area contributed by atoms with Gasteiger partial charge in [-0.1, -0.05) is 41.9 Å². The first kappa shape index (κ1) is 15.6. The number of rotatable bonds is 4. The number of phenols is 1. The first-order chi connectivity index (χ1) is 12.2. The van der Waals surface area contributed by atoms with Crippen molar-refractivity contribution in [3.8, 4) is 17.1 Å². The van der Waals surface area contributed by atoms with Crippen LogP contribution in [0, 0.1) is 0 Å². The molecule has 0 aliphatic carbocycles. The highest BCUT2D eigenvalue weighted by atomic mass is 35.5. The Labute approximate surface area is 149 Å². The monoisotopic (exact) mass is 350 g/mol. The molecule has 6 heteroatoms. The van der Waals surface area contributed by atoms with Gasteiger partial charge in [-0.25, -0.2) is 15.0 Å². The first-order valence-corrected chi connectivity index (χ1v) is 8.30. The summed E-state index contributed by atoms with van der Waals surface area (Å²) in [5.41, 5.74) is 3.42. The Hall–Kier alpha value is -2.92. The fourth-order valence-corrected chi connectivity index (χ4v) is 3.01. The van der Waals surface area contributed by atoms with E-state index in [9.17, 15) is 5.11 Å². The highest BCUT2D eigenvalue weighted by Crippen LogP contribution is 2.28. The van der Waals surface area contributed by atoms with Crippen molar-refractivity contribution >= 4 is 22.8 Å². The van der Waals surface area contributed by atoms with E-state index in [-0.39, 0.29) is 5.75 Å². The van der Waals surface area contributed by atoms with Crippen molar-refractivity contribution in [2.24, 2.45) is 0 Å². The van der Waals surface area contributed by atoms with E-state index in [2.05, 4.69) is 27.1 Å². The molecule has 0 spiro atoms. The molecule has 0 saturated carbocycles. The molecular weight excluding hydrogens is 336 g/mol. The predicted octanol–water partition coefficient (Wildman–Crippen LogP) is 4.10. The number of halogens is 1. The molecule has 0 fully saturated rings. The third kappa shape index (κ3) is 3.06. The van der Waals surface area contributed by atoms with Gasteiger partial charge in [0.15, 0.2) is 10.8 Å². The maximum Gasteiger partial charge on any atom is 0.165 e. The van der Waals surface area contributed by atoms with E-state index in [4.69, 9.17) is 11.6 Å². The molecule has 2 heterocycles. The van der Waals surface area contributed by atoms with Gasteiger partial charge in [-0.05, 0) is 36.2 Å². The van der Waals surface area contributed by atoms with Gasteiger partial charge in [0.25, 0.3) is 0 Å². The maximum atomic E-state index is 9.54. The Bertz CT molecular complexity index is 1010. The van der Waals surface area contributed by atoms with Crippen LogP contribution in [0.25, 0.3) is 22.6 Å². The Balaban J connectivity index is 1.80. The third-order valence-electron chi connectivity index (χ3n) is 4.08. The lowest BCUT2D eigenvalue weighted by Gasteiger charge is -2.09. The maximum absolute atomic E-state index is 9.54. The number of hydrogen-bond acceptors (Lipinski definition) is 4. The zero-order chi connectivity index (χ0) is 17.2. The molecule has 0 bridgehead atoms. The number of phenolic OH excluding ortho intramolecular Hbond substituents is 1. The number of hydrogen-bond donors (Lipinski definition) is 1. The van der Waals surface area contributed by atoms with Crippen LogP contribution in [0.2, 0.25) is 5.15 Å². The van der Waals surface area contributed by atoms with Crippen molar-refractivity contribution < 1.29 is 5.11 Å². The van der Waals surface area contributed by atoms with Crippen molar-refractivity contribution in [2.75, 3.05) is 0 Å². The minimum absolute atomic E-state index is 0.216. The molecule has 0 saturated heterocycles. The molecule has 0 unspecified atom stereocenters. The van der Waals surface area contributed by atoms with Crippen molar-refractivity contribution in [1.29, 1.82) is 0 Å². The van der Waals surface area contributed by atoms with Crippen LogP contribution in [-0.4, -0.2) is 24.6 Å². The van der Waals surface area contributed by atoms with Gasteiger partial charge in [-0.2, -0.15) is 0 Å². The summed E-state index contributed by atoms with van der Waals surface area (Å²) < 4.78 is 2.04. The lowest BCUT2D eigenvalue weighted by molar-refractivity contribution is 0.475. The molecular formula is C19H15ClN4O. The largest absolute Gasteiger partial charge is 0.508 e. The van der Waals surface area contributed by atoms with Crippen molar-refractivity contribution in [3.63, 3.8) is 0 Å². The van der Waals surface area contributed by atoms with E-state index in [0.717, 1.165) is 17.8 Å². The summed E-state index contributed by atoms with van der Waals surface area (Å²) in [5.74, 6) is 0.974. The van der Waals surface area contributed by atoms with Crippen LogP contribution in [0.15, 0.2) is 60.9 Å². The van der Waals surface area contributed by atoms with Gasteiger partial charge in [0.05, 0.1) is 0 Å². The van der Waals surface area contributed by atoms with Gasteiger partial charge >= 0.3 is 0 Å². The smallest absolute Gasteiger partial charge is 0.165 e. The van der Waals surface area contributed by atoms with E-state index in [1.54, 1.807) is 12.1 Å². The molecule has 25 heavy (non-hydrogen) atoms. The van der Waals surface area contributed by atoms with Crippen LogP contribution in [-0.2, 0) is 13.0 Å². The SMILES string of the molecule is Oc1ccc(-c2nc3c(Cl)ncnc3n2CCc2ccccc2)cc1. The van der Waals surface area contributed by atoms with E-state index in [1.165, 1.54) is 11.9 Å². The molecule has 2 aromatic heterocycles. The molecule has 0 aliphatic rings. The second-order valence-corrected chi connectivity index (χ2v) is 6.06. The normalized spacial score (nSPS) is 11.1. The third-order valence-corrected chi connectivity index (χ3v) is 4.36. The molecule has 0 amide bonds. The first-order valence-electron chi connectivity index (χ1n) is 7.92. The lowest BCUT2D eigenvalue weighted by Crippen LogP contribution is -2.04. The second-order valence-electron chi connectivity index (χ2n) is 5.71. The number of fused-ring (bicyclic) bond motifs is 1. The molecule has 4 rings (SSSR count). The van der Waals surface area contributed by atoms with Crippen LogP contribution in [0.1, 0.15) is 5.56 Å². The highest BCUT2D eigenvalue weighted by Gasteiger charge is 2.16. The van der Waals surface area contributed by atoms with Gasteiger partial charge in [-0.15, -0.1) is 0 Å². The predicted molar refractivity (Wildman–Crippen MR) is 97.6 cm³/mol. The van der Waals surface area contributed by atoms with Crippen LogP contribution in [0.4, 0.5) is 0 Å². The molecule has 2 aromatic carbocycles. The number of aromatic hydroxyl groups is 1. The lowest BCUT2D eigenvalue weighted by atomic mass is 10.1. The summed E-state index contributed by atoms with van der Waals surface area (Å²) in [5, 5.41) is 9.87. The molecule has 0 radical (unpaired) electrons. The van der Waals surface area contributed by atoms with Gasteiger partial charge in [-0.3, -0.25) is 0 Å². The zero-order valence-corrected chi connectivity index (χ0v) is 14.1. The fraction of sp³-hybridized carbons (Fsp3) is 0.105. The number of benzene rings is 2. The van der Waals surface area contributed by atoms with Gasteiger partial charge in [0.1, 0.15) is 23.4 Å². The van der Waals surface area contributed by atoms with E-state index in [1.807, 2.05) is 34.9 Å². The quantitative estimate of drug-likeness (QED) is 0.563. The van der Waals surface area contributed by atoms with E-state index in [0.29, 0.717) is 22.9 Å². The number of aromatic nitrogens is 4. The Kier molecular flexibility index (Phi) is 4.07. The molecule has 4 aromatic rings. The van der Waals surface area contributed by atoms with Crippen molar-refractivity contribution in [2.45, 2.75) is 13.0 Å². The summed E-state index contributed by atoms with van der Waals surface area (Å²) >= 11 is 6.21. The minimum Gasteiger partial charge on any atom is -0.508 e. The van der Waals surface area contributed by atoms with Crippen LogP contribution in [0.5, 0.6) is 5.75 Å². The van der Waals surface area contributed by atoms with Gasteiger partial charge < -0.3 is 9.67 Å². The number of aryl methyl sites for hydroxylation is 2. The fourth-order valence-electron chi connectivity index (χ4n) is 2.84. The van der Waals surface area contributed by atoms with Crippen molar-refractivity contribution in [3.05, 3.63) is 71.6 Å². The molecule has 124 valence electrons. The van der Waals surface area contributed by atoms with Gasteiger partial charge in [0, 0.05) is 12.1 Å². The van der Waals surface area contributed by atoms with Crippen LogP contribution >= 0.6 is 11.6 Å². The van der Waals surface area contributed by atoms with Crippen LogP contribution in [0.3, 0.4) is 0 Å². The molecule has 0 atom stereocenters. The standard InChI is InChI=1S/C19H15ClN4O/c20-17-16-19(22-12-21-17)24(11-10-13-4-2-1-3-5-13)18(23-16)14-6-8-15(25)9-7-14/h1-9,12,25H,10-11H2. The van der Waals surface area contributed by atoms with Gasteiger partial charge in [0.2, 0.25) is 0 Å². The molecule has 5 nitrogen and oxygen atoms in total. The summed E-state index contributed by atoms with van der Waals surface area (Å²) in [6, 6.07) is 17.2. The van der Waals surface area contributed by atoms with Crippen LogP contribution < -0.4 is 0 Å². The highest BCUT2D eigenvalue weighted by molar-refractivity contribution is 6.33. The summed E-state index contributed by atoms with van der Waals surface area (Å²) in [6.45, 7) is 0.712. The summed E-state index contributed by atoms with van der Waals surface area (Å²) in [7, 11) is 0. The average molecular weight is 351 g/mol. The Morgan fingerprint density at radius 2 is 1.72 bits per heavy atom. The van der Waals surface area contributed by atoms with E-state index < -0.39 is 0 Å².